The lowest BCUT2D eigenvalue weighted by Gasteiger charge is -2.23. The minimum absolute atomic E-state index is 0.0511. The van der Waals surface area contributed by atoms with Gasteiger partial charge in [-0.1, -0.05) is 47.2 Å². The third kappa shape index (κ3) is 4.19. The molecule has 1 fully saturated rings. The van der Waals surface area contributed by atoms with Crippen LogP contribution < -0.4 is 14.4 Å². The minimum atomic E-state index is -0.929. The summed E-state index contributed by atoms with van der Waals surface area (Å²) in [7, 11) is 1.51. The summed E-state index contributed by atoms with van der Waals surface area (Å²) < 4.78 is 11.6. The normalized spacial score (nSPS) is 17.1. The zero-order valence-electron chi connectivity index (χ0n) is 19.4. The van der Waals surface area contributed by atoms with Crippen LogP contribution in [0.1, 0.15) is 24.1 Å². The Kier molecular flexibility index (Phi) is 6.38. The molecular weight excluding hydrogens is 500 g/mol. The van der Waals surface area contributed by atoms with E-state index in [1.165, 1.54) is 23.3 Å². The third-order valence-electron chi connectivity index (χ3n) is 5.82. The smallest absolute Gasteiger partial charge is 0.301 e. The Balaban J connectivity index is 1.70. The number of thiazole rings is 1. The summed E-state index contributed by atoms with van der Waals surface area (Å²) in [5.74, 6) is -0.710. The van der Waals surface area contributed by atoms with Crippen LogP contribution >= 0.6 is 22.9 Å². The molecule has 4 aromatic rings. The Bertz CT molecular complexity index is 1530. The number of amides is 1. The maximum Gasteiger partial charge on any atom is 0.301 e. The van der Waals surface area contributed by atoms with Gasteiger partial charge in [-0.25, -0.2) is 4.98 Å². The molecule has 3 aromatic carbocycles. The van der Waals surface area contributed by atoms with E-state index in [2.05, 4.69) is 4.98 Å². The van der Waals surface area contributed by atoms with Crippen molar-refractivity contribution < 1.29 is 24.2 Å². The number of nitrogens with zero attached hydrogens (tertiary/aromatic N) is 2. The van der Waals surface area contributed by atoms with Gasteiger partial charge in [0.2, 0.25) is 0 Å². The summed E-state index contributed by atoms with van der Waals surface area (Å²) >= 11 is 7.54. The van der Waals surface area contributed by atoms with Crippen LogP contribution in [0.2, 0.25) is 5.02 Å². The molecule has 1 amide bonds. The molecule has 0 saturated carbocycles. The molecule has 1 aromatic heterocycles. The number of methoxy groups -OCH3 is 1. The van der Waals surface area contributed by atoms with Crippen LogP contribution in [0.3, 0.4) is 0 Å². The number of fused-ring (bicyclic) bond motifs is 1. The Morgan fingerprint density at radius 1 is 1.08 bits per heavy atom. The molecule has 1 aliphatic heterocycles. The van der Waals surface area contributed by atoms with Gasteiger partial charge in [-0.3, -0.25) is 14.5 Å². The van der Waals surface area contributed by atoms with Crippen LogP contribution in [0.5, 0.6) is 11.5 Å². The van der Waals surface area contributed by atoms with Crippen molar-refractivity contribution >= 4 is 55.7 Å². The molecule has 1 aliphatic rings. The van der Waals surface area contributed by atoms with Gasteiger partial charge in [0.05, 0.1) is 35.5 Å². The number of benzene rings is 3. The number of Topliss-reactive ketones (excluding diaryl/α,β-unsaturated/α-hetero) is 1. The van der Waals surface area contributed by atoms with Crippen LogP contribution in [0.25, 0.3) is 16.0 Å². The van der Waals surface area contributed by atoms with Gasteiger partial charge < -0.3 is 14.6 Å². The van der Waals surface area contributed by atoms with Gasteiger partial charge in [0.15, 0.2) is 5.13 Å². The topological polar surface area (TPSA) is 89.0 Å². The van der Waals surface area contributed by atoms with E-state index in [1.807, 2.05) is 19.1 Å². The van der Waals surface area contributed by atoms with Crippen LogP contribution in [0.4, 0.5) is 5.13 Å². The van der Waals surface area contributed by atoms with Gasteiger partial charge >= 0.3 is 5.91 Å². The average molecular weight is 521 g/mol. The monoisotopic (exact) mass is 520 g/mol. The molecule has 1 saturated heterocycles. The second-order valence-corrected chi connectivity index (χ2v) is 9.46. The van der Waals surface area contributed by atoms with E-state index in [-0.39, 0.29) is 11.3 Å². The highest BCUT2D eigenvalue weighted by Crippen LogP contribution is 2.45. The van der Waals surface area contributed by atoms with E-state index in [4.69, 9.17) is 21.1 Å². The fraction of sp³-hybridized carbons (Fsp3) is 0.148. The lowest BCUT2D eigenvalue weighted by molar-refractivity contribution is -0.132. The van der Waals surface area contributed by atoms with E-state index in [0.29, 0.717) is 44.9 Å². The Morgan fingerprint density at radius 3 is 2.64 bits per heavy atom. The fourth-order valence-corrected chi connectivity index (χ4v) is 5.42. The number of hydrogen-bond donors (Lipinski definition) is 1. The fourth-order valence-electron chi connectivity index (χ4n) is 4.20. The average Bonchev–Trinajstić information content (AvgIpc) is 3.41. The first-order valence-electron chi connectivity index (χ1n) is 11.2. The summed E-state index contributed by atoms with van der Waals surface area (Å²) in [6, 6.07) is 18.1. The number of ketones is 1. The SMILES string of the molecule is CCOc1ccc2nc(N3C(=O)C(=O)/C(=C(/O)c4cccc(OC)c4)C3c3cccc(Cl)c3)sc2c1. The lowest BCUT2D eigenvalue weighted by Crippen LogP contribution is -2.29. The highest BCUT2D eigenvalue weighted by Gasteiger charge is 2.48. The molecule has 1 unspecified atom stereocenters. The zero-order chi connectivity index (χ0) is 25.4. The molecule has 5 rings (SSSR count). The number of halogens is 1. The highest BCUT2D eigenvalue weighted by atomic mass is 35.5. The number of anilines is 1. The number of aromatic nitrogens is 1. The van der Waals surface area contributed by atoms with E-state index < -0.39 is 17.7 Å². The first-order valence-corrected chi connectivity index (χ1v) is 12.3. The number of carbonyl (C=O) groups excluding carboxylic acids is 2. The first-order chi connectivity index (χ1) is 17.4. The highest BCUT2D eigenvalue weighted by molar-refractivity contribution is 7.22. The van der Waals surface area contributed by atoms with Crippen LogP contribution in [-0.4, -0.2) is 35.5 Å². The predicted octanol–water partition coefficient (Wildman–Crippen LogP) is 5.98. The number of hydrogen-bond acceptors (Lipinski definition) is 7. The van der Waals surface area contributed by atoms with Crippen molar-refractivity contribution in [1.82, 2.24) is 4.98 Å². The third-order valence-corrected chi connectivity index (χ3v) is 7.07. The van der Waals surface area contributed by atoms with Gasteiger partial charge in [0.1, 0.15) is 17.3 Å². The quantitative estimate of drug-likeness (QED) is 0.191. The molecule has 9 heteroatoms. The summed E-state index contributed by atoms with van der Waals surface area (Å²) in [4.78, 5) is 32.7. The largest absolute Gasteiger partial charge is 0.507 e. The maximum absolute atomic E-state index is 13.4. The van der Waals surface area contributed by atoms with E-state index in [9.17, 15) is 14.7 Å². The Hall–Kier alpha value is -3.88. The number of ether oxygens (including phenoxy) is 2. The second-order valence-electron chi connectivity index (χ2n) is 8.02. The second kappa shape index (κ2) is 9.64. The van der Waals surface area contributed by atoms with Crippen molar-refractivity contribution in [2.45, 2.75) is 13.0 Å². The van der Waals surface area contributed by atoms with E-state index in [0.717, 1.165) is 4.70 Å². The van der Waals surface area contributed by atoms with Crippen molar-refractivity contribution in [2.24, 2.45) is 0 Å². The van der Waals surface area contributed by atoms with E-state index in [1.54, 1.807) is 54.6 Å². The summed E-state index contributed by atoms with van der Waals surface area (Å²) in [5, 5.41) is 12.1. The van der Waals surface area contributed by atoms with Gasteiger partial charge in [0, 0.05) is 10.6 Å². The van der Waals surface area contributed by atoms with Crippen LogP contribution in [0.15, 0.2) is 72.3 Å². The summed E-state index contributed by atoms with van der Waals surface area (Å²) in [6.45, 7) is 2.42. The molecule has 1 atom stereocenters. The molecule has 0 radical (unpaired) electrons. The molecule has 36 heavy (non-hydrogen) atoms. The number of aliphatic hydroxyl groups is 1. The van der Waals surface area contributed by atoms with Gasteiger partial charge in [-0.05, 0) is 55.0 Å². The molecule has 2 heterocycles. The van der Waals surface area contributed by atoms with Crippen LogP contribution in [0, 0.1) is 0 Å². The first kappa shape index (κ1) is 23.8. The summed E-state index contributed by atoms with van der Waals surface area (Å²) in [5.41, 5.74) is 1.54. The zero-order valence-corrected chi connectivity index (χ0v) is 21.0. The number of rotatable bonds is 6. The molecule has 1 N–H and O–H groups in total. The molecule has 182 valence electrons. The van der Waals surface area contributed by atoms with Gasteiger partial charge in [-0.2, -0.15) is 0 Å². The molecule has 0 aliphatic carbocycles. The number of aliphatic hydroxyl groups excluding tert-OH is 1. The maximum atomic E-state index is 13.4. The van der Waals surface area contributed by atoms with Gasteiger partial charge in [0.25, 0.3) is 5.78 Å². The number of carbonyl (C=O) groups is 2. The van der Waals surface area contributed by atoms with Crippen molar-refractivity contribution in [2.75, 3.05) is 18.6 Å². The molecule has 0 spiro atoms. The Labute approximate surface area is 216 Å². The minimum Gasteiger partial charge on any atom is -0.507 e. The predicted molar refractivity (Wildman–Crippen MR) is 140 cm³/mol. The van der Waals surface area contributed by atoms with Gasteiger partial charge in [-0.15, -0.1) is 0 Å². The van der Waals surface area contributed by atoms with E-state index >= 15 is 0 Å². The molecular formula is C27H21ClN2O5S. The summed E-state index contributed by atoms with van der Waals surface area (Å²) in [6.07, 6.45) is 0. The van der Waals surface area contributed by atoms with Crippen LogP contribution in [-0.2, 0) is 9.59 Å². The standard InChI is InChI=1S/C27H21ClN2O5S/c1-3-35-19-10-11-20-21(14-19)36-27(29-20)30-23(15-6-4-8-17(28)12-15)22(25(32)26(30)33)24(31)16-7-5-9-18(13-16)34-2/h4-14,23,31H,3H2,1-2H3/b24-22+. The molecule has 7 nitrogen and oxygen atoms in total. The van der Waals surface area contributed by atoms with Crippen molar-refractivity contribution in [3.8, 4) is 11.5 Å². The van der Waals surface area contributed by atoms with Crippen molar-refractivity contribution in [3.05, 3.63) is 88.5 Å². The lowest BCUT2D eigenvalue weighted by atomic mass is 9.95. The molecule has 0 bridgehead atoms. The Morgan fingerprint density at radius 2 is 1.89 bits per heavy atom. The van der Waals surface area contributed by atoms with Crippen molar-refractivity contribution in [3.63, 3.8) is 0 Å². The van der Waals surface area contributed by atoms with Crippen molar-refractivity contribution in [1.29, 1.82) is 0 Å².